The Kier molecular flexibility index (Phi) is 5.82. The lowest BCUT2D eigenvalue weighted by molar-refractivity contribution is 0.195. The number of benzene rings is 1. The summed E-state index contributed by atoms with van der Waals surface area (Å²) in [5, 5.41) is 0. The molecule has 1 unspecified atom stereocenters. The summed E-state index contributed by atoms with van der Waals surface area (Å²) in [6.07, 6.45) is 10.1. The number of hydrogen-bond acceptors (Lipinski definition) is 1. The summed E-state index contributed by atoms with van der Waals surface area (Å²) in [4.78, 5) is 0. The number of rotatable bonds is 6. The SMILES string of the molecule is C=CC1COC/C1=C(/C=C/c1ccccc1)CCCC. The molecule has 0 radical (unpaired) electrons. The Bertz CT molecular complexity index is 482. The molecule has 0 N–H and O–H groups in total. The molecule has 1 aromatic rings. The highest BCUT2D eigenvalue weighted by atomic mass is 16.5. The summed E-state index contributed by atoms with van der Waals surface area (Å²) in [5.74, 6) is 0.391. The van der Waals surface area contributed by atoms with E-state index in [1.165, 1.54) is 29.6 Å². The Morgan fingerprint density at radius 3 is 2.85 bits per heavy atom. The molecule has 0 saturated carbocycles. The van der Waals surface area contributed by atoms with Crippen LogP contribution < -0.4 is 0 Å². The van der Waals surface area contributed by atoms with Crippen LogP contribution in [0.4, 0.5) is 0 Å². The molecule has 1 aliphatic rings. The smallest absolute Gasteiger partial charge is 0.0689 e. The van der Waals surface area contributed by atoms with E-state index >= 15 is 0 Å². The standard InChI is InChI=1S/C19H24O/c1-3-5-11-18(19-15-20-14-17(19)4-2)13-12-16-9-7-6-8-10-16/h4,6-10,12-13,17H,2-3,5,11,14-15H2,1H3/b13-12+,19-18-. The van der Waals surface area contributed by atoms with Gasteiger partial charge in [-0.2, -0.15) is 0 Å². The Balaban J connectivity index is 2.21. The molecule has 0 aromatic heterocycles. The maximum Gasteiger partial charge on any atom is 0.0689 e. The van der Waals surface area contributed by atoms with E-state index < -0.39 is 0 Å². The van der Waals surface area contributed by atoms with Crippen LogP contribution in [0, 0.1) is 5.92 Å². The second-order valence-corrected chi connectivity index (χ2v) is 5.26. The lowest BCUT2D eigenvalue weighted by Gasteiger charge is -2.10. The van der Waals surface area contributed by atoms with E-state index in [4.69, 9.17) is 4.74 Å². The first-order valence-corrected chi connectivity index (χ1v) is 7.50. The Hall–Kier alpha value is -1.60. The molecular weight excluding hydrogens is 244 g/mol. The van der Waals surface area contributed by atoms with Crippen molar-refractivity contribution in [2.45, 2.75) is 26.2 Å². The lowest BCUT2D eigenvalue weighted by Crippen LogP contribution is -2.00. The van der Waals surface area contributed by atoms with Crippen LogP contribution in [-0.2, 0) is 4.74 Å². The molecule has 20 heavy (non-hydrogen) atoms. The van der Waals surface area contributed by atoms with Crippen molar-refractivity contribution < 1.29 is 4.74 Å². The van der Waals surface area contributed by atoms with Gasteiger partial charge in [-0.3, -0.25) is 0 Å². The lowest BCUT2D eigenvalue weighted by atomic mass is 9.93. The van der Waals surface area contributed by atoms with Crippen LogP contribution in [0.5, 0.6) is 0 Å². The van der Waals surface area contributed by atoms with Crippen LogP contribution in [0.3, 0.4) is 0 Å². The molecule has 0 spiro atoms. The molecule has 1 nitrogen and oxygen atoms in total. The predicted molar refractivity (Wildman–Crippen MR) is 86.5 cm³/mol. The monoisotopic (exact) mass is 268 g/mol. The molecule has 1 heteroatoms. The minimum atomic E-state index is 0.391. The second-order valence-electron chi connectivity index (χ2n) is 5.26. The minimum Gasteiger partial charge on any atom is -0.376 e. The summed E-state index contributed by atoms with van der Waals surface area (Å²) in [6, 6.07) is 10.5. The normalized spacial score (nSPS) is 21.4. The highest BCUT2D eigenvalue weighted by Gasteiger charge is 2.21. The first kappa shape index (κ1) is 14.8. The Labute approximate surface area is 122 Å². The highest BCUT2D eigenvalue weighted by molar-refractivity contribution is 5.53. The van der Waals surface area contributed by atoms with Gasteiger partial charge in [0.25, 0.3) is 0 Å². The third-order valence-corrected chi connectivity index (χ3v) is 3.78. The fourth-order valence-electron chi connectivity index (χ4n) is 2.52. The van der Waals surface area contributed by atoms with Gasteiger partial charge in [0.2, 0.25) is 0 Å². The van der Waals surface area contributed by atoms with Gasteiger partial charge >= 0.3 is 0 Å². The molecule has 106 valence electrons. The summed E-state index contributed by atoms with van der Waals surface area (Å²) in [7, 11) is 0. The number of ether oxygens (including phenoxy) is 1. The van der Waals surface area contributed by atoms with Gasteiger partial charge in [0.05, 0.1) is 13.2 Å². The molecule has 1 aliphatic heterocycles. The van der Waals surface area contributed by atoms with Crippen molar-refractivity contribution in [2.75, 3.05) is 13.2 Å². The van der Waals surface area contributed by atoms with Gasteiger partial charge in [0.15, 0.2) is 0 Å². The van der Waals surface area contributed by atoms with E-state index in [9.17, 15) is 0 Å². The highest BCUT2D eigenvalue weighted by Crippen LogP contribution is 2.28. The first-order chi connectivity index (χ1) is 9.85. The van der Waals surface area contributed by atoms with Gasteiger partial charge in [-0.05, 0) is 29.6 Å². The molecule has 2 rings (SSSR count). The van der Waals surface area contributed by atoms with Crippen molar-refractivity contribution in [1.29, 1.82) is 0 Å². The fraction of sp³-hybridized carbons (Fsp3) is 0.368. The molecule has 1 fully saturated rings. The van der Waals surface area contributed by atoms with Crippen molar-refractivity contribution >= 4 is 6.08 Å². The zero-order chi connectivity index (χ0) is 14.2. The van der Waals surface area contributed by atoms with Gasteiger partial charge in [-0.1, -0.05) is 61.9 Å². The first-order valence-electron chi connectivity index (χ1n) is 7.50. The van der Waals surface area contributed by atoms with Gasteiger partial charge in [-0.15, -0.1) is 6.58 Å². The van der Waals surface area contributed by atoms with E-state index in [0.717, 1.165) is 19.6 Å². The number of hydrogen-bond donors (Lipinski definition) is 0. The molecule has 0 aliphatic carbocycles. The van der Waals surface area contributed by atoms with Crippen LogP contribution in [-0.4, -0.2) is 13.2 Å². The van der Waals surface area contributed by atoms with Crippen molar-refractivity contribution in [3.8, 4) is 0 Å². The maximum atomic E-state index is 5.61. The number of allylic oxidation sites excluding steroid dienone is 2. The van der Waals surface area contributed by atoms with E-state index in [1.54, 1.807) is 0 Å². The molecule has 1 atom stereocenters. The average molecular weight is 268 g/mol. The van der Waals surface area contributed by atoms with Crippen molar-refractivity contribution in [3.05, 3.63) is 65.8 Å². The molecule has 1 heterocycles. The van der Waals surface area contributed by atoms with Crippen LogP contribution in [0.1, 0.15) is 31.7 Å². The van der Waals surface area contributed by atoms with Crippen molar-refractivity contribution in [1.82, 2.24) is 0 Å². The van der Waals surface area contributed by atoms with Gasteiger partial charge in [-0.25, -0.2) is 0 Å². The minimum absolute atomic E-state index is 0.391. The van der Waals surface area contributed by atoms with Gasteiger partial charge in [0.1, 0.15) is 0 Å². The largest absolute Gasteiger partial charge is 0.376 e. The van der Waals surface area contributed by atoms with Crippen molar-refractivity contribution in [2.24, 2.45) is 5.92 Å². The van der Waals surface area contributed by atoms with Crippen molar-refractivity contribution in [3.63, 3.8) is 0 Å². The van der Waals surface area contributed by atoms with E-state index in [2.05, 4.69) is 49.9 Å². The molecule has 1 saturated heterocycles. The summed E-state index contributed by atoms with van der Waals surface area (Å²) in [6.45, 7) is 7.72. The second kappa shape index (κ2) is 7.86. The predicted octanol–water partition coefficient (Wildman–Crippen LogP) is 5.02. The Morgan fingerprint density at radius 1 is 1.35 bits per heavy atom. The average Bonchev–Trinajstić information content (AvgIpc) is 2.97. The van der Waals surface area contributed by atoms with Crippen LogP contribution in [0.15, 0.2) is 60.2 Å². The van der Waals surface area contributed by atoms with E-state index in [1.807, 2.05) is 12.1 Å². The molecule has 0 amide bonds. The third-order valence-electron chi connectivity index (χ3n) is 3.78. The van der Waals surface area contributed by atoms with Crippen LogP contribution >= 0.6 is 0 Å². The van der Waals surface area contributed by atoms with Gasteiger partial charge in [0, 0.05) is 5.92 Å². The summed E-state index contributed by atoms with van der Waals surface area (Å²) >= 11 is 0. The van der Waals surface area contributed by atoms with E-state index in [0.29, 0.717) is 5.92 Å². The molecule has 0 bridgehead atoms. The van der Waals surface area contributed by atoms with Gasteiger partial charge < -0.3 is 4.74 Å². The molecular formula is C19H24O. The quantitative estimate of drug-likeness (QED) is 0.658. The third kappa shape index (κ3) is 3.94. The number of unbranched alkanes of at least 4 members (excludes halogenated alkanes) is 1. The van der Waals surface area contributed by atoms with Crippen LogP contribution in [0.2, 0.25) is 0 Å². The fourth-order valence-corrected chi connectivity index (χ4v) is 2.52. The topological polar surface area (TPSA) is 9.23 Å². The van der Waals surface area contributed by atoms with Crippen LogP contribution in [0.25, 0.3) is 6.08 Å². The van der Waals surface area contributed by atoms with E-state index in [-0.39, 0.29) is 0 Å². The summed E-state index contributed by atoms with van der Waals surface area (Å²) < 4.78 is 5.61. The molecule has 1 aromatic carbocycles. The Morgan fingerprint density at radius 2 is 2.15 bits per heavy atom. The zero-order valence-corrected chi connectivity index (χ0v) is 12.3. The maximum absolute atomic E-state index is 5.61. The zero-order valence-electron chi connectivity index (χ0n) is 12.3. The summed E-state index contributed by atoms with van der Waals surface area (Å²) in [5.41, 5.74) is 4.09.